The summed E-state index contributed by atoms with van der Waals surface area (Å²) in [5.41, 5.74) is 2.01. The fourth-order valence-corrected chi connectivity index (χ4v) is 2.92. The molecule has 0 unspecified atom stereocenters. The first-order valence-electron chi connectivity index (χ1n) is 8.99. The smallest absolute Gasteiger partial charge is 0.325 e. The van der Waals surface area contributed by atoms with Crippen molar-refractivity contribution in [1.82, 2.24) is 14.6 Å². The molecular weight excluding hydrogens is 368 g/mol. The number of aromatic nitrogens is 1. The van der Waals surface area contributed by atoms with E-state index in [1.807, 2.05) is 47.0 Å². The zero-order valence-electron chi connectivity index (χ0n) is 15.5. The third kappa shape index (κ3) is 4.06. The van der Waals surface area contributed by atoms with Gasteiger partial charge in [0.25, 0.3) is 0 Å². The molecule has 1 N–H and O–H groups in total. The number of urea groups is 1. The van der Waals surface area contributed by atoms with Crippen LogP contribution in [-0.2, 0) is 0 Å². The van der Waals surface area contributed by atoms with E-state index in [4.69, 9.17) is 14.7 Å². The van der Waals surface area contributed by atoms with Gasteiger partial charge >= 0.3 is 6.03 Å². The second kappa shape index (κ2) is 7.82. The van der Waals surface area contributed by atoms with Crippen LogP contribution >= 0.6 is 0 Å². The van der Waals surface area contributed by atoms with Gasteiger partial charge in [-0.05, 0) is 30.3 Å². The molecule has 4 rings (SSSR count). The van der Waals surface area contributed by atoms with Crippen LogP contribution in [0.25, 0.3) is 5.52 Å². The van der Waals surface area contributed by atoms with Crippen LogP contribution in [0.5, 0.6) is 17.2 Å². The lowest BCUT2D eigenvalue weighted by molar-refractivity contribution is 0.203. The lowest BCUT2D eigenvalue weighted by Gasteiger charge is -2.23. The Balaban J connectivity index is 1.44. The van der Waals surface area contributed by atoms with Gasteiger partial charge in [0.15, 0.2) is 11.5 Å². The van der Waals surface area contributed by atoms with Crippen molar-refractivity contribution in [2.45, 2.75) is 0 Å². The van der Waals surface area contributed by atoms with Gasteiger partial charge in [0.05, 0.1) is 17.6 Å². The van der Waals surface area contributed by atoms with E-state index in [1.165, 1.54) is 4.90 Å². The Morgan fingerprint density at radius 2 is 2.00 bits per heavy atom. The number of allylic oxidation sites excluding steroid dienone is 1. The molecule has 0 bridgehead atoms. The number of amides is 2. The average Bonchev–Trinajstić information content (AvgIpc) is 3.13. The van der Waals surface area contributed by atoms with E-state index in [2.05, 4.69) is 18.0 Å². The summed E-state index contributed by atoms with van der Waals surface area (Å²) in [5, 5.41) is 11.7. The molecule has 7 nitrogen and oxygen atoms in total. The number of benzene rings is 1. The molecule has 144 valence electrons. The molecule has 1 aliphatic rings. The van der Waals surface area contributed by atoms with E-state index in [-0.39, 0.29) is 6.03 Å². The Kier molecular flexibility index (Phi) is 4.91. The van der Waals surface area contributed by atoms with Crippen molar-refractivity contribution < 1.29 is 14.3 Å². The van der Waals surface area contributed by atoms with Gasteiger partial charge < -0.3 is 19.2 Å². The molecule has 7 heteroatoms. The normalized spacial score (nSPS) is 13.3. The van der Waals surface area contributed by atoms with E-state index in [0.717, 1.165) is 5.52 Å². The largest absolute Gasteiger partial charge is 0.488 e. The fourth-order valence-electron chi connectivity index (χ4n) is 2.92. The van der Waals surface area contributed by atoms with Crippen LogP contribution in [-0.4, -0.2) is 28.5 Å². The molecule has 2 aromatic heterocycles. The summed E-state index contributed by atoms with van der Waals surface area (Å²) in [6, 6.07) is 14.7. The first-order valence-corrected chi connectivity index (χ1v) is 8.99. The summed E-state index contributed by atoms with van der Waals surface area (Å²) in [6.45, 7) is 4.38. The zero-order valence-corrected chi connectivity index (χ0v) is 15.5. The zero-order chi connectivity index (χ0) is 20.2. The van der Waals surface area contributed by atoms with Crippen molar-refractivity contribution in [3.63, 3.8) is 0 Å². The van der Waals surface area contributed by atoms with Crippen molar-refractivity contribution in [1.29, 1.82) is 5.26 Å². The van der Waals surface area contributed by atoms with Crippen LogP contribution in [0.4, 0.5) is 4.79 Å². The van der Waals surface area contributed by atoms with Crippen LogP contribution in [0.2, 0.25) is 0 Å². The minimum absolute atomic E-state index is 0.233. The van der Waals surface area contributed by atoms with Crippen molar-refractivity contribution >= 4 is 11.5 Å². The molecule has 0 atom stereocenters. The number of pyridine rings is 1. The highest BCUT2D eigenvalue weighted by atomic mass is 16.5. The number of hydrogen-bond donors (Lipinski definition) is 1. The maximum absolute atomic E-state index is 11.9. The van der Waals surface area contributed by atoms with Crippen molar-refractivity contribution in [3.8, 4) is 23.3 Å². The van der Waals surface area contributed by atoms with Gasteiger partial charge in [-0.15, -0.1) is 0 Å². The Bertz CT molecular complexity index is 1160. The molecule has 2 amide bonds. The third-order valence-electron chi connectivity index (χ3n) is 4.35. The van der Waals surface area contributed by atoms with E-state index in [0.29, 0.717) is 41.7 Å². The van der Waals surface area contributed by atoms with Crippen LogP contribution in [0.15, 0.2) is 79.4 Å². The maximum Gasteiger partial charge on any atom is 0.325 e. The molecule has 1 aliphatic heterocycles. The Morgan fingerprint density at radius 1 is 1.17 bits per heavy atom. The van der Waals surface area contributed by atoms with Crippen LogP contribution < -0.4 is 14.8 Å². The highest BCUT2D eigenvalue weighted by Gasteiger charge is 2.15. The molecular formula is C22H18N4O3. The number of para-hydroxylation sites is 2. The molecule has 0 aliphatic carbocycles. The molecule has 3 heterocycles. The topological polar surface area (TPSA) is 79.0 Å². The van der Waals surface area contributed by atoms with Gasteiger partial charge in [-0.25, -0.2) is 4.79 Å². The summed E-state index contributed by atoms with van der Waals surface area (Å²) in [4.78, 5) is 13.4. The molecule has 29 heavy (non-hydrogen) atoms. The first-order chi connectivity index (χ1) is 14.1. The Morgan fingerprint density at radius 3 is 2.79 bits per heavy atom. The molecule has 0 fully saturated rings. The van der Waals surface area contributed by atoms with E-state index in [9.17, 15) is 4.79 Å². The lowest BCUT2D eigenvalue weighted by Crippen LogP contribution is -2.40. The Labute approximate surface area is 167 Å². The molecule has 0 saturated heterocycles. The van der Waals surface area contributed by atoms with Gasteiger partial charge in [-0.1, -0.05) is 18.7 Å². The molecule has 0 spiro atoms. The number of carbonyl (C=O) groups is 1. The third-order valence-corrected chi connectivity index (χ3v) is 4.35. The van der Waals surface area contributed by atoms with Crippen molar-refractivity contribution in [2.75, 3.05) is 13.2 Å². The summed E-state index contributed by atoms with van der Waals surface area (Å²) < 4.78 is 13.7. The van der Waals surface area contributed by atoms with Gasteiger partial charge in [0.1, 0.15) is 18.4 Å². The predicted octanol–water partition coefficient (Wildman–Crippen LogP) is 4.03. The minimum atomic E-state index is -0.233. The number of ether oxygens (including phenoxy) is 2. The predicted molar refractivity (Wildman–Crippen MR) is 108 cm³/mol. The lowest BCUT2D eigenvalue weighted by atomic mass is 10.3. The number of fused-ring (bicyclic) bond motifs is 1. The number of nitriles is 1. The highest BCUT2D eigenvalue weighted by molar-refractivity contribution is 5.79. The van der Waals surface area contributed by atoms with Gasteiger partial charge in [0, 0.05) is 30.4 Å². The maximum atomic E-state index is 11.9. The molecule has 3 aromatic rings. The minimum Gasteiger partial charge on any atom is -0.488 e. The van der Waals surface area contributed by atoms with Gasteiger partial charge in [-0.2, -0.15) is 5.26 Å². The monoisotopic (exact) mass is 386 g/mol. The second-order valence-electron chi connectivity index (χ2n) is 6.40. The number of rotatable bonds is 6. The Hall–Kier alpha value is -4.18. The second-order valence-corrected chi connectivity index (χ2v) is 6.40. The quantitative estimate of drug-likeness (QED) is 0.694. The van der Waals surface area contributed by atoms with Crippen LogP contribution in [0, 0.1) is 11.3 Å². The standard InChI is InChI=1S/C22H18N4O3/c1-16-6-8-25(22(27)24-16)10-11-28-20-4-2-3-5-21(20)29-19-7-9-26-15-17(14-23)12-18(26)13-19/h2-9,12-13,15H,1,10-11H2,(H,24,27). The number of nitrogens with one attached hydrogen (secondary N) is 1. The van der Waals surface area contributed by atoms with Crippen LogP contribution in [0.3, 0.4) is 0 Å². The first kappa shape index (κ1) is 18.2. The average molecular weight is 386 g/mol. The molecule has 0 radical (unpaired) electrons. The van der Waals surface area contributed by atoms with E-state index >= 15 is 0 Å². The van der Waals surface area contributed by atoms with E-state index in [1.54, 1.807) is 24.5 Å². The fraction of sp³-hybridized carbons (Fsp3) is 0.0909. The molecule has 0 saturated carbocycles. The van der Waals surface area contributed by atoms with Gasteiger partial charge in [-0.3, -0.25) is 4.90 Å². The SMILES string of the molecule is C=C1C=CN(CCOc2ccccc2Oc2ccn3cc(C#N)cc3c2)C(=O)N1. The summed E-state index contributed by atoms with van der Waals surface area (Å²) in [7, 11) is 0. The van der Waals surface area contributed by atoms with Crippen LogP contribution in [0.1, 0.15) is 5.56 Å². The number of nitrogens with zero attached hydrogens (tertiary/aromatic N) is 3. The molecule has 1 aromatic carbocycles. The van der Waals surface area contributed by atoms with Crippen molar-refractivity contribution in [2.24, 2.45) is 0 Å². The van der Waals surface area contributed by atoms with E-state index < -0.39 is 0 Å². The van der Waals surface area contributed by atoms with Crippen molar-refractivity contribution in [3.05, 3.63) is 85.0 Å². The highest BCUT2D eigenvalue weighted by Crippen LogP contribution is 2.32. The number of hydrogen-bond acceptors (Lipinski definition) is 4. The summed E-state index contributed by atoms with van der Waals surface area (Å²) >= 11 is 0. The summed E-state index contributed by atoms with van der Waals surface area (Å²) in [5.74, 6) is 1.77. The van der Waals surface area contributed by atoms with Gasteiger partial charge in [0.2, 0.25) is 0 Å². The summed E-state index contributed by atoms with van der Waals surface area (Å²) in [6.07, 6.45) is 7.00. The number of carbonyl (C=O) groups excluding carboxylic acids is 1.